The van der Waals surface area contributed by atoms with Crippen LogP contribution in [0.15, 0.2) is 21.6 Å². The molecule has 0 bridgehead atoms. The zero-order chi connectivity index (χ0) is 13.9. The number of carbonyl (C=O) groups is 1. The highest BCUT2D eigenvalue weighted by Gasteiger charge is 2.20. The number of amides is 1. The van der Waals surface area contributed by atoms with Crippen LogP contribution in [0.3, 0.4) is 0 Å². The molecule has 1 heterocycles. The first-order valence-electron chi connectivity index (χ1n) is 5.36. The molecule has 0 saturated heterocycles. The van der Waals surface area contributed by atoms with E-state index in [9.17, 15) is 13.2 Å². The predicted molar refractivity (Wildman–Crippen MR) is 64.7 cm³/mol. The van der Waals surface area contributed by atoms with Gasteiger partial charge in [-0.2, -0.15) is 0 Å². The minimum absolute atomic E-state index is 0.0233. The summed E-state index contributed by atoms with van der Waals surface area (Å²) in [6.07, 6.45) is 0. The summed E-state index contributed by atoms with van der Waals surface area (Å²) < 4.78 is 27.0. The molecule has 0 aliphatic carbocycles. The maximum absolute atomic E-state index is 11.1. The molecule has 18 heavy (non-hydrogen) atoms. The molecule has 1 unspecified atom stereocenters. The van der Waals surface area contributed by atoms with Crippen molar-refractivity contribution in [3.63, 3.8) is 0 Å². The fourth-order valence-corrected chi connectivity index (χ4v) is 1.96. The lowest BCUT2D eigenvalue weighted by Gasteiger charge is -2.17. The van der Waals surface area contributed by atoms with Crippen LogP contribution in [0.4, 0.5) is 0 Å². The molecule has 7 nitrogen and oxygen atoms in total. The van der Waals surface area contributed by atoms with Gasteiger partial charge in [0.25, 0.3) is 10.0 Å². The van der Waals surface area contributed by atoms with Crippen LogP contribution < -0.4 is 16.2 Å². The minimum atomic E-state index is -3.84. The van der Waals surface area contributed by atoms with Crippen molar-refractivity contribution < 1.29 is 17.6 Å². The molecule has 1 rings (SSSR count). The van der Waals surface area contributed by atoms with Gasteiger partial charge in [0, 0.05) is 0 Å². The summed E-state index contributed by atoms with van der Waals surface area (Å²) in [5, 5.41) is 7.50. The van der Waals surface area contributed by atoms with Gasteiger partial charge in [0.05, 0.1) is 12.6 Å². The van der Waals surface area contributed by atoms with Crippen LogP contribution in [-0.2, 0) is 21.4 Å². The Morgan fingerprint density at radius 1 is 1.44 bits per heavy atom. The molecule has 1 amide bonds. The summed E-state index contributed by atoms with van der Waals surface area (Å²) in [7, 11) is -3.84. The lowest BCUT2D eigenvalue weighted by atomic mass is 10.0. The van der Waals surface area contributed by atoms with Gasteiger partial charge in [-0.1, -0.05) is 13.8 Å². The molecule has 8 heteroatoms. The van der Waals surface area contributed by atoms with Gasteiger partial charge in [-0.3, -0.25) is 10.1 Å². The van der Waals surface area contributed by atoms with Crippen molar-refractivity contribution in [2.45, 2.75) is 31.5 Å². The molecule has 1 aromatic heterocycles. The van der Waals surface area contributed by atoms with Crippen LogP contribution in [0.1, 0.15) is 19.6 Å². The summed E-state index contributed by atoms with van der Waals surface area (Å²) in [4.78, 5) is 11.1. The van der Waals surface area contributed by atoms with Crippen LogP contribution in [0.5, 0.6) is 0 Å². The highest BCUT2D eigenvalue weighted by atomic mass is 32.2. The Bertz CT molecular complexity index is 521. The van der Waals surface area contributed by atoms with Crippen LogP contribution in [-0.4, -0.2) is 20.4 Å². The van der Waals surface area contributed by atoms with Crippen molar-refractivity contribution in [3.05, 3.63) is 17.9 Å². The van der Waals surface area contributed by atoms with Crippen molar-refractivity contribution in [2.75, 3.05) is 0 Å². The number of nitrogens with two attached hydrogens (primary N) is 2. The Labute approximate surface area is 106 Å². The first-order valence-corrected chi connectivity index (χ1v) is 6.90. The third-order valence-electron chi connectivity index (χ3n) is 2.39. The topological polar surface area (TPSA) is 128 Å². The summed E-state index contributed by atoms with van der Waals surface area (Å²) in [5.74, 6) is -0.0793. The third kappa shape index (κ3) is 3.83. The lowest BCUT2D eigenvalue weighted by Crippen LogP contribution is -2.44. The van der Waals surface area contributed by atoms with Crippen molar-refractivity contribution >= 4 is 15.9 Å². The summed E-state index contributed by atoms with van der Waals surface area (Å²) in [6.45, 7) is 3.89. The molecule has 0 spiro atoms. The van der Waals surface area contributed by atoms with Gasteiger partial charge in [0.15, 0.2) is 0 Å². The Kier molecular flexibility index (Phi) is 4.49. The Balaban J connectivity index is 2.69. The van der Waals surface area contributed by atoms with Crippen LogP contribution in [0.2, 0.25) is 0 Å². The minimum Gasteiger partial charge on any atom is -0.447 e. The standard InChI is InChI=1S/C10H17N3O4S/c1-6(2)9(10(11)14)13-5-7-3-4-8(17-7)18(12,15)16/h3-4,6,9,13H,5H2,1-2H3,(H2,11,14)(H2,12,15,16). The molecule has 0 fully saturated rings. The van der Waals surface area contributed by atoms with Crippen LogP contribution in [0, 0.1) is 5.92 Å². The van der Waals surface area contributed by atoms with Gasteiger partial charge in [-0.15, -0.1) is 0 Å². The Morgan fingerprint density at radius 2 is 2.06 bits per heavy atom. The van der Waals surface area contributed by atoms with Gasteiger partial charge in [0.1, 0.15) is 5.76 Å². The smallest absolute Gasteiger partial charge is 0.271 e. The van der Waals surface area contributed by atoms with E-state index in [0.717, 1.165) is 0 Å². The number of primary amides is 1. The number of nitrogens with one attached hydrogen (secondary N) is 1. The molecule has 0 aliphatic rings. The Morgan fingerprint density at radius 3 is 2.44 bits per heavy atom. The number of furan rings is 1. The molecule has 0 aromatic carbocycles. The summed E-state index contributed by atoms with van der Waals surface area (Å²) >= 11 is 0. The number of primary sulfonamides is 1. The van der Waals surface area contributed by atoms with E-state index in [0.29, 0.717) is 5.76 Å². The number of rotatable bonds is 6. The fourth-order valence-electron chi connectivity index (χ4n) is 1.48. The molecular weight excluding hydrogens is 258 g/mol. The monoisotopic (exact) mass is 275 g/mol. The zero-order valence-electron chi connectivity index (χ0n) is 10.2. The second-order valence-corrected chi connectivity index (χ2v) is 5.76. The van der Waals surface area contributed by atoms with Crippen molar-refractivity contribution in [1.29, 1.82) is 0 Å². The van der Waals surface area contributed by atoms with E-state index < -0.39 is 22.0 Å². The predicted octanol–water partition coefficient (Wildman–Crippen LogP) is -0.473. The first kappa shape index (κ1) is 14.7. The number of sulfonamides is 1. The maximum atomic E-state index is 11.1. The summed E-state index contributed by atoms with van der Waals surface area (Å²) in [5.41, 5.74) is 5.23. The van der Waals surface area contributed by atoms with Gasteiger partial charge < -0.3 is 10.2 Å². The van der Waals surface area contributed by atoms with Gasteiger partial charge in [-0.05, 0) is 18.1 Å². The SMILES string of the molecule is CC(C)C(NCc1ccc(S(N)(=O)=O)o1)C(N)=O. The quantitative estimate of drug-likeness (QED) is 0.646. The van der Waals surface area contributed by atoms with Crippen molar-refractivity contribution in [3.8, 4) is 0 Å². The highest BCUT2D eigenvalue weighted by molar-refractivity contribution is 7.89. The van der Waals surface area contributed by atoms with Crippen LogP contribution >= 0.6 is 0 Å². The Hall–Kier alpha value is -1.38. The third-order valence-corrected chi connectivity index (χ3v) is 3.17. The van der Waals surface area contributed by atoms with E-state index in [2.05, 4.69) is 5.32 Å². The van der Waals surface area contributed by atoms with Crippen molar-refractivity contribution in [2.24, 2.45) is 16.8 Å². The second-order valence-electron chi connectivity index (χ2n) is 4.27. The van der Waals surface area contributed by atoms with E-state index in [-0.39, 0.29) is 17.6 Å². The molecule has 0 aliphatic heterocycles. The van der Waals surface area contributed by atoms with Gasteiger partial charge >= 0.3 is 0 Å². The zero-order valence-corrected chi connectivity index (χ0v) is 11.0. The molecule has 0 saturated carbocycles. The first-order chi connectivity index (χ1) is 8.21. The maximum Gasteiger partial charge on any atom is 0.271 e. The molecule has 5 N–H and O–H groups in total. The van der Waals surface area contributed by atoms with Crippen LogP contribution in [0.25, 0.3) is 0 Å². The van der Waals surface area contributed by atoms with E-state index in [1.54, 1.807) is 0 Å². The largest absolute Gasteiger partial charge is 0.447 e. The van der Waals surface area contributed by atoms with E-state index in [1.165, 1.54) is 12.1 Å². The van der Waals surface area contributed by atoms with Gasteiger partial charge in [0.2, 0.25) is 11.0 Å². The molecule has 1 atom stereocenters. The highest BCUT2D eigenvalue weighted by Crippen LogP contribution is 2.12. The normalized spacial score (nSPS) is 13.8. The average Bonchev–Trinajstić information content (AvgIpc) is 2.64. The fraction of sp³-hybridized carbons (Fsp3) is 0.500. The van der Waals surface area contributed by atoms with E-state index in [4.69, 9.17) is 15.3 Å². The second kappa shape index (κ2) is 5.51. The van der Waals surface area contributed by atoms with Crippen molar-refractivity contribution in [1.82, 2.24) is 5.32 Å². The molecular formula is C10H17N3O4S. The number of carbonyl (C=O) groups excluding carboxylic acids is 1. The van der Waals surface area contributed by atoms with E-state index >= 15 is 0 Å². The molecule has 102 valence electrons. The molecule has 1 aromatic rings. The number of hydrogen-bond acceptors (Lipinski definition) is 5. The van der Waals surface area contributed by atoms with E-state index in [1.807, 2.05) is 13.8 Å². The van der Waals surface area contributed by atoms with Gasteiger partial charge in [-0.25, -0.2) is 13.6 Å². The number of hydrogen-bond donors (Lipinski definition) is 3. The summed E-state index contributed by atoms with van der Waals surface area (Å²) in [6, 6.07) is 2.24. The molecule has 0 radical (unpaired) electrons. The average molecular weight is 275 g/mol. The lowest BCUT2D eigenvalue weighted by molar-refractivity contribution is -0.121.